The predicted molar refractivity (Wildman–Crippen MR) is 80.4 cm³/mol. The van der Waals surface area contributed by atoms with E-state index in [4.69, 9.17) is 18.9 Å². The van der Waals surface area contributed by atoms with Crippen LogP contribution in [0.1, 0.15) is 19.4 Å². The van der Waals surface area contributed by atoms with Gasteiger partial charge in [0.15, 0.2) is 5.78 Å². The van der Waals surface area contributed by atoms with Crippen LogP contribution in [0.5, 0.6) is 11.5 Å². The number of ketones is 1. The summed E-state index contributed by atoms with van der Waals surface area (Å²) in [6, 6.07) is 5.30. The average molecular weight is 334 g/mol. The monoisotopic (exact) mass is 334 g/mol. The van der Waals surface area contributed by atoms with Gasteiger partial charge in [-0.3, -0.25) is 14.4 Å². The molecule has 0 bridgehead atoms. The van der Waals surface area contributed by atoms with Gasteiger partial charge in [0.05, 0.1) is 19.6 Å². The number of ether oxygens (including phenoxy) is 4. The minimum atomic E-state index is -1.56. The van der Waals surface area contributed by atoms with Crippen molar-refractivity contribution in [3.8, 4) is 11.5 Å². The minimum absolute atomic E-state index is 0.0958. The fourth-order valence-electron chi connectivity index (χ4n) is 2.87. The first-order valence-electron chi connectivity index (χ1n) is 7.60. The summed E-state index contributed by atoms with van der Waals surface area (Å²) in [6.45, 7) is 2.98. The number of Topliss-reactive ketones (excluding diaryl/α,β-unsaturated/α-hetero) is 1. The first-order valence-corrected chi connectivity index (χ1v) is 7.60. The van der Waals surface area contributed by atoms with E-state index in [0.29, 0.717) is 17.9 Å². The largest absolute Gasteiger partial charge is 0.497 e. The summed E-state index contributed by atoms with van der Waals surface area (Å²) in [6.07, 6.45) is 0.353. The fraction of sp³-hybridized carbons (Fsp3) is 0.471. The summed E-state index contributed by atoms with van der Waals surface area (Å²) >= 11 is 0. The smallest absolute Gasteiger partial charge is 0.331 e. The second-order valence-electron chi connectivity index (χ2n) is 6.26. The maximum Gasteiger partial charge on any atom is 0.331 e. The molecule has 0 unspecified atom stereocenters. The number of esters is 2. The van der Waals surface area contributed by atoms with Crippen molar-refractivity contribution in [1.82, 2.24) is 0 Å². The molecule has 128 valence electrons. The van der Waals surface area contributed by atoms with E-state index in [1.165, 1.54) is 13.8 Å². The molecule has 1 fully saturated rings. The number of rotatable bonds is 3. The molecule has 1 aromatic rings. The molecule has 0 amide bonds. The van der Waals surface area contributed by atoms with Crippen molar-refractivity contribution in [3.63, 3.8) is 0 Å². The summed E-state index contributed by atoms with van der Waals surface area (Å²) in [5, 5.41) is 0. The zero-order chi connectivity index (χ0) is 17.5. The van der Waals surface area contributed by atoms with Gasteiger partial charge in [-0.25, -0.2) is 0 Å². The fourth-order valence-corrected chi connectivity index (χ4v) is 2.87. The van der Waals surface area contributed by atoms with E-state index in [1.54, 1.807) is 25.3 Å². The predicted octanol–water partition coefficient (Wildman–Crippen LogP) is 1.27. The highest BCUT2D eigenvalue weighted by Crippen LogP contribution is 2.33. The highest BCUT2D eigenvalue weighted by atomic mass is 16.7. The van der Waals surface area contributed by atoms with Crippen LogP contribution in [0.4, 0.5) is 0 Å². The Labute approximate surface area is 138 Å². The molecule has 2 heterocycles. The second-order valence-corrected chi connectivity index (χ2v) is 6.26. The zero-order valence-corrected chi connectivity index (χ0v) is 13.7. The Morgan fingerprint density at radius 1 is 1.21 bits per heavy atom. The molecule has 0 aromatic heterocycles. The molecule has 7 heteroatoms. The van der Waals surface area contributed by atoms with E-state index in [2.05, 4.69) is 0 Å². The number of hydrogen-bond acceptors (Lipinski definition) is 7. The molecule has 1 saturated heterocycles. The highest BCUT2D eigenvalue weighted by Gasteiger charge is 2.49. The average Bonchev–Trinajstić information content (AvgIpc) is 2.51. The number of methoxy groups -OCH3 is 1. The molecule has 2 aliphatic heterocycles. The van der Waals surface area contributed by atoms with Gasteiger partial charge in [-0.1, -0.05) is 0 Å². The van der Waals surface area contributed by atoms with Crippen molar-refractivity contribution in [2.24, 2.45) is 11.8 Å². The Kier molecular flexibility index (Phi) is 3.95. The third kappa shape index (κ3) is 2.93. The van der Waals surface area contributed by atoms with Crippen LogP contribution in [0.3, 0.4) is 0 Å². The topological polar surface area (TPSA) is 88.1 Å². The summed E-state index contributed by atoms with van der Waals surface area (Å²) < 4.78 is 20.8. The normalized spacial score (nSPS) is 22.7. The molecule has 24 heavy (non-hydrogen) atoms. The van der Waals surface area contributed by atoms with E-state index in [9.17, 15) is 14.4 Å². The molecule has 3 rings (SSSR count). The number of carbonyl (C=O) groups excluding carboxylic acids is 3. The van der Waals surface area contributed by atoms with Crippen LogP contribution in [0.25, 0.3) is 0 Å². The van der Waals surface area contributed by atoms with Crippen LogP contribution >= 0.6 is 0 Å². The van der Waals surface area contributed by atoms with Crippen LogP contribution in [0.15, 0.2) is 18.2 Å². The lowest BCUT2D eigenvalue weighted by molar-refractivity contribution is -0.238. The number of carbonyl (C=O) groups is 3. The quantitative estimate of drug-likeness (QED) is 0.607. The molecule has 0 N–H and O–H groups in total. The van der Waals surface area contributed by atoms with E-state index >= 15 is 0 Å². The van der Waals surface area contributed by atoms with Crippen molar-refractivity contribution < 1.29 is 33.3 Å². The van der Waals surface area contributed by atoms with Gasteiger partial charge in [-0.15, -0.1) is 0 Å². The molecule has 7 nitrogen and oxygen atoms in total. The molecule has 1 atom stereocenters. The van der Waals surface area contributed by atoms with Gasteiger partial charge in [0, 0.05) is 13.8 Å². The van der Waals surface area contributed by atoms with E-state index in [-0.39, 0.29) is 6.61 Å². The lowest BCUT2D eigenvalue weighted by Gasteiger charge is -2.34. The number of fused-ring (bicyclic) bond motifs is 1. The molecular formula is C17H18O7. The molecule has 0 radical (unpaired) electrons. The number of hydrogen-bond donors (Lipinski definition) is 0. The standard InChI is InChI=1S/C17H18O7/c1-17(2)23-15(19)13(16(20)24-17)14(18)10-6-9-7-11(21-3)4-5-12(9)22-8-10/h4-5,7,10,13H,6,8H2,1-3H3/t10-/m0/s1. The van der Waals surface area contributed by atoms with Gasteiger partial charge >= 0.3 is 11.9 Å². The maximum absolute atomic E-state index is 12.6. The molecule has 1 aromatic carbocycles. The van der Waals surface area contributed by atoms with Gasteiger partial charge in [-0.05, 0) is 30.2 Å². The van der Waals surface area contributed by atoms with Crippen LogP contribution < -0.4 is 9.47 Å². The third-order valence-corrected chi connectivity index (χ3v) is 4.03. The summed E-state index contributed by atoms with van der Waals surface area (Å²) in [4.78, 5) is 36.7. The van der Waals surface area contributed by atoms with Crippen molar-refractivity contribution in [2.45, 2.75) is 26.1 Å². The van der Waals surface area contributed by atoms with E-state index in [1.807, 2.05) is 0 Å². The van der Waals surface area contributed by atoms with Crippen molar-refractivity contribution in [1.29, 1.82) is 0 Å². The Hall–Kier alpha value is -2.57. The first-order chi connectivity index (χ1) is 11.3. The van der Waals surface area contributed by atoms with E-state index < -0.39 is 35.3 Å². The highest BCUT2D eigenvalue weighted by molar-refractivity contribution is 6.16. The lowest BCUT2D eigenvalue weighted by atomic mass is 9.86. The van der Waals surface area contributed by atoms with Crippen LogP contribution in [0.2, 0.25) is 0 Å². The minimum Gasteiger partial charge on any atom is -0.497 e. The Morgan fingerprint density at radius 3 is 2.50 bits per heavy atom. The molecule has 0 spiro atoms. The molecule has 2 aliphatic rings. The van der Waals surface area contributed by atoms with Gasteiger partial charge in [-0.2, -0.15) is 0 Å². The summed E-state index contributed by atoms with van der Waals surface area (Å²) in [5.41, 5.74) is 0.789. The second kappa shape index (κ2) is 5.81. The van der Waals surface area contributed by atoms with Gasteiger partial charge in [0.2, 0.25) is 5.92 Å². The lowest BCUT2D eigenvalue weighted by Crippen LogP contribution is -2.51. The number of benzene rings is 1. The SMILES string of the molecule is COc1ccc2c(c1)C[C@H](C(=O)C1C(=O)OC(C)(C)OC1=O)CO2. The summed E-state index contributed by atoms with van der Waals surface area (Å²) in [7, 11) is 1.55. The van der Waals surface area contributed by atoms with Gasteiger partial charge in [0.1, 0.15) is 11.5 Å². The van der Waals surface area contributed by atoms with Crippen molar-refractivity contribution >= 4 is 17.7 Å². The van der Waals surface area contributed by atoms with Crippen molar-refractivity contribution in [3.05, 3.63) is 23.8 Å². The third-order valence-electron chi connectivity index (χ3n) is 4.03. The van der Waals surface area contributed by atoms with Crippen LogP contribution in [0, 0.1) is 11.8 Å². The Morgan fingerprint density at radius 2 is 1.88 bits per heavy atom. The molecule has 0 saturated carbocycles. The van der Waals surface area contributed by atoms with Crippen LogP contribution in [-0.4, -0.2) is 37.2 Å². The van der Waals surface area contributed by atoms with Crippen molar-refractivity contribution in [2.75, 3.05) is 13.7 Å². The zero-order valence-electron chi connectivity index (χ0n) is 13.7. The van der Waals surface area contributed by atoms with Gasteiger partial charge < -0.3 is 18.9 Å². The molecular weight excluding hydrogens is 316 g/mol. The maximum atomic E-state index is 12.6. The Balaban J connectivity index is 1.79. The Bertz CT molecular complexity index is 687. The number of cyclic esters (lactones) is 2. The van der Waals surface area contributed by atoms with Gasteiger partial charge in [0.25, 0.3) is 5.79 Å². The van der Waals surface area contributed by atoms with Crippen LogP contribution in [-0.2, 0) is 30.3 Å². The first kappa shape index (κ1) is 16.3. The van der Waals surface area contributed by atoms with E-state index in [0.717, 1.165) is 5.56 Å². The molecule has 0 aliphatic carbocycles. The summed E-state index contributed by atoms with van der Waals surface area (Å²) in [5.74, 6) is -4.54.